The maximum absolute atomic E-state index is 9.49. The molecule has 20 heavy (non-hydrogen) atoms. The number of hydrogen-bond donors (Lipinski definition) is 1. The van der Waals surface area contributed by atoms with E-state index in [2.05, 4.69) is 16.4 Å². The van der Waals surface area contributed by atoms with Gasteiger partial charge in [0.15, 0.2) is 0 Å². The summed E-state index contributed by atoms with van der Waals surface area (Å²) in [6.45, 7) is 1.91. The third-order valence-electron chi connectivity index (χ3n) is 3.18. The lowest BCUT2D eigenvalue weighted by molar-refractivity contribution is 0.277. The number of nitrogens with zero attached hydrogens (tertiary/aromatic N) is 3. The smallest absolute Gasteiger partial charge is 0.117 e. The summed E-state index contributed by atoms with van der Waals surface area (Å²) in [5.74, 6) is 0. The molecule has 1 heterocycles. The standard InChI is InChI=1S/C16H15N3O/c1-12-6-5-7-13(10-12)16-15(11-20)17-18-19(16)14-8-3-2-4-9-14/h2-10,20H,11H2,1H3. The fourth-order valence-electron chi connectivity index (χ4n) is 2.25. The number of para-hydroxylation sites is 1. The Morgan fingerprint density at radius 3 is 2.55 bits per heavy atom. The van der Waals surface area contributed by atoms with Gasteiger partial charge >= 0.3 is 0 Å². The van der Waals surface area contributed by atoms with Gasteiger partial charge in [-0.3, -0.25) is 0 Å². The third kappa shape index (κ3) is 2.21. The molecule has 1 aromatic heterocycles. The Hall–Kier alpha value is -2.46. The Bertz CT molecular complexity index is 720. The molecule has 1 N–H and O–H groups in total. The Labute approximate surface area is 117 Å². The van der Waals surface area contributed by atoms with E-state index in [0.717, 1.165) is 22.5 Å². The lowest BCUT2D eigenvalue weighted by Crippen LogP contribution is -2.00. The Kier molecular flexibility index (Phi) is 3.31. The van der Waals surface area contributed by atoms with E-state index < -0.39 is 0 Å². The van der Waals surface area contributed by atoms with Crippen molar-refractivity contribution in [1.82, 2.24) is 15.0 Å². The first kappa shape index (κ1) is 12.6. The van der Waals surface area contributed by atoms with Gasteiger partial charge in [-0.1, -0.05) is 47.2 Å². The molecule has 0 aliphatic rings. The molecule has 0 saturated carbocycles. The zero-order chi connectivity index (χ0) is 13.9. The highest BCUT2D eigenvalue weighted by atomic mass is 16.3. The molecule has 0 aliphatic heterocycles. The van der Waals surface area contributed by atoms with Gasteiger partial charge in [0, 0.05) is 5.56 Å². The summed E-state index contributed by atoms with van der Waals surface area (Å²) in [5.41, 5.74) is 4.51. The second-order valence-corrected chi connectivity index (χ2v) is 4.66. The van der Waals surface area contributed by atoms with Gasteiger partial charge in [0.05, 0.1) is 12.3 Å². The second-order valence-electron chi connectivity index (χ2n) is 4.66. The van der Waals surface area contributed by atoms with Crippen LogP contribution in [-0.4, -0.2) is 20.1 Å². The molecule has 4 nitrogen and oxygen atoms in total. The second kappa shape index (κ2) is 5.27. The zero-order valence-electron chi connectivity index (χ0n) is 11.2. The van der Waals surface area contributed by atoms with Crippen LogP contribution in [0.1, 0.15) is 11.3 Å². The molecule has 0 fully saturated rings. The summed E-state index contributed by atoms with van der Waals surface area (Å²) >= 11 is 0. The first-order valence-corrected chi connectivity index (χ1v) is 6.47. The van der Waals surface area contributed by atoms with Crippen molar-refractivity contribution in [1.29, 1.82) is 0 Å². The quantitative estimate of drug-likeness (QED) is 0.792. The highest BCUT2D eigenvalue weighted by molar-refractivity contribution is 5.65. The van der Waals surface area contributed by atoms with E-state index in [9.17, 15) is 5.11 Å². The van der Waals surface area contributed by atoms with E-state index >= 15 is 0 Å². The van der Waals surface area contributed by atoms with Gasteiger partial charge in [-0.15, -0.1) is 5.10 Å². The molecule has 0 spiro atoms. The fourth-order valence-corrected chi connectivity index (χ4v) is 2.25. The van der Waals surface area contributed by atoms with Gasteiger partial charge in [0.25, 0.3) is 0 Å². The summed E-state index contributed by atoms with van der Waals surface area (Å²) in [6.07, 6.45) is 0. The van der Waals surface area contributed by atoms with Crippen LogP contribution < -0.4 is 0 Å². The number of aryl methyl sites for hydroxylation is 1. The molecule has 100 valence electrons. The molecule has 0 aliphatic carbocycles. The van der Waals surface area contributed by atoms with Crippen LogP contribution in [0.5, 0.6) is 0 Å². The highest BCUT2D eigenvalue weighted by Crippen LogP contribution is 2.25. The van der Waals surface area contributed by atoms with Gasteiger partial charge in [-0.05, 0) is 25.1 Å². The van der Waals surface area contributed by atoms with Gasteiger partial charge in [0.1, 0.15) is 11.4 Å². The van der Waals surface area contributed by atoms with E-state index in [-0.39, 0.29) is 6.61 Å². The number of rotatable bonds is 3. The van der Waals surface area contributed by atoms with Crippen LogP contribution in [0.4, 0.5) is 0 Å². The van der Waals surface area contributed by atoms with Gasteiger partial charge in [0.2, 0.25) is 0 Å². The van der Waals surface area contributed by atoms with Crippen molar-refractivity contribution in [3.63, 3.8) is 0 Å². The maximum Gasteiger partial charge on any atom is 0.117 e. The van der Waals surface area contributed by atoms with E-state index in [4.69, 9.17) is 0 Å². The van der Waals surface area contributed by atoms with Crippen LogP contribution in [0, 0.1) is 6.92 Å². The van der Waals surface area contributed by atoms with Gasteiger partial charge in [-0.2, -0.15) is 0 Å². The van der Waals surface area contributed by atoms with Crippen molar-refractivity contribution in [3.05, 3.63) is 65.9 Å². The summed E-state index contributed by atoms with van der Waals surface area (Å²) in [4.78, 5) is 0. The lowest BCUT2D eigenvalue weighted by Gasteiger charge is -2.08. The highest BCUT2D eigenvalue weighted by Gasteiger charge is 2.15. The molecular weight excluding hydrogens is 250 g/mol. The molecule has 0 atom stereocenters. The van der Waals surface area contributed by atoms with E-state index in [1.807, 2.05) is 55.5 Å². The van der Waals surface area contributed by atoms with Crippen molar-refractivity contribution in [2.45, 2.75) is 13.5 Å². The Morgan fingerprint density at radius 1 is 1.05 bits per heavy atom. The number of aliphatic hydroxyl groups excluding tert-OH is 1. The Balaban J connectivity index is 2.21. The van der Waals surface area contributed by atoms with Crippen LogP contribution in [0.2, 0.25) is 0 Å². The predicted molar refractivity (Wildman–Crippen MR) is 77.5 cm³/mol. The monoisotopic (exact) mass is 265 g/mol. The molecule has 0 unspecified atom stereocenters. The zero-order valence-corrected chi connectivity index (χ0v) is 11.2. The fraction of sp³-hybridized carbons (Fsp3) is 0.125. The largest absolute Gasteiger partial charge is 0.390 e. The Morgan fingerprint density at radius 2 is 1.85 bits per heavy atom. The molecule has 0 amide bonds. The molecule has 2 aromatic carbocycles. The molecule has 0 saturated heterocycles. The van der Waals surface area contributed by atoms with Crippen LogP contribution in [-0.2, 0) is 6.61 Å². The van der Waals surface area contributed by atoms with Crippen LogP contribution >= 0.6 is 0 Å². The van der Waals surface area contributed by atoms with Crippen LogP contribution in [0.25, 0.3) is 16.9 Å². The van der Waals surface area contributed by atoms with Crippen molar-refractivity contribution >= 4 is 0 Å². The molecule has 3 rings (SSSR count). The number of benzene rings is 2. The minimum absolute atomic E-state index is 0.129. The summed E-state index contributed by atoms with van der Waals surface area (Å²) < 4.78 is 1.76. The SMILES string of the molecule is Cc1cccc(-c2c(CO)nnn2-c2ccccc2)c1. The number of aliphatic hydroxyl groups is 1. The van der Waals surface area contributed by atoms with E-state index in [1.54, 1.807) is 4.68 Å². The summed E-state index contributed by atoms with van der Waals surface area (Å²) in [7, 11) is 0. The van der Waals surface area contributed by atoms with E-state index in [1.165, 1.54) is 0 Å². The van der Waals surface area contributed by atoms with Crippen molar-refractivity contribution in [3.8, 4) is 16.9 Å². The topological polar surface area (TPSA) is 50.9 Å². The first-order valence-electron chi connectivity index (χ1n) is 6.47. The van der Waals surface area contributed by atoms with E-state index in [0.29, 0.717) is 5.69 Å². The molecular formula is C16H15N3O. The first-order chi connectivity index (χ1) is 9.79. The average Bonchev–Trinajstić information content (AvgIpc) is 2.92. The molecule has 0 radical (unpaired) electrons. The molecule has 0 bridgehead atoms. The number of aromatic nitrogens is 3. The minimum atomic E-state index is -0.129. The van der Waals surface area contributed by atoms with Crippen molar-refractivity contribution < 1.29 is 5.11 Å². The predicted octanol–water partition coefficient (Wildman–Crippen LogP) is 2.74. The van der Waals surface area contributed by atoms with Crippen LogP contribution in [0.3, 0.4) is 0 Å². The summed E-state index contributed by atoms with van der Waals surface area (Å²) in [5, 5.41) is 17.7. The summed E-state index contributed by atoms with van der Waals surface area (Å²) in [6, 6.07) is 17.9. The minimum Gasteiger partial charge on any atom is -0.390 e. The number of hydrogen-bond acceptors (Lipinski definition) is 3. The van der Waals surface area contributed by atoms with Crippen molar-refractivity contribution in [2.75, 3.05) is 0 Å². The lowest BCUT2D eigenvalue weighted by atomic mass is 10.1. The average molecular weight is 265 g/mol. The van der Waals surface area contributed by atoms with Crippen molar-refractivity contribution in [2.24, 2.45) is 0 Å². The van der Waals surface area contributed by atoms with Gasteiger partial charge < -0.3 is 5.11 Å². The van der Waals surface area contributed by atoms with Gasteiger partial charge in [-0.25, -0.2) is 4.68 Å². The molecule has 4 heteroatoms. The third-order valence-corrected chi connectivity index (χ3v) is 3.18. The van der Waals surface area contributed by atoms with Crippen LogP contribution in [0.15, 0.2) is 54.6 Å². The maximum atomic E-state index is 9.49. The molecule has 3 aromatic rings. The normalized spacial score (nSPS) is 10.7.